The van der Waals surface area contributed by atoms with E-state index in [-0.39, 0.29) is 5.41 Å². The van der Waals surface area contributed by atoms with Gasteiger partial charge in [0, 0.05) is 11.8 Å². The molecule has 0 radical (unpaired) electrons. The van der Waals surface area contributed by atoms with Crippen molar-refractivity contribution in [2.75, 3.05) is 0 Å². The van der Waals surface area contributed by atoms with E-state index in [1.807, 2.05) is 0 Å². The minimum Gasteiger partial charge on any atom is -0.299 e. The fraction of sp³-hybridized carbons (Fsp3) is 0.917. The Labute approximate surface area is 79.9 Å². The van der Waals surface area contributed by atoms with E-state index in [9.17, 15) is 4.79 Å². The fourth-order valence-electron chi connectivity index (χ4n) is 4.37. The smallest absolute Gasteiger partial charge is 0.139 e. The molecule has 3 fully saturated rings. The molecule has 0 bridgehead atoms. The van der Waals surface area contributed by atoms with Crippen LogP contribution in [-0.4, -0.2) is 5.78 Å². The van der Waals surface area contributed by atoms with E-state index in [4.69, 9.17) is 0 Å². The topological polar surface area (TPSA) is 17.1 Å². The highest BCUT2D eigenvalue weighted by Gasteiger charge is 2.62. The molecule has 0 aliphatic heterocycles. The van der Waals surface area contributed by atoms with Gasteiger partial charge in [-0.25, -0.2) is 0 Å². The summed E-state index contributed by atoms with van der Waals surface area (Å²) in [4.78, 5) is 11.8. The van der Waals surface area contributed by atoms with Gasteiger partial charge in [-0.1, -0.05) is 19.3 Å². The number of hydrogen-bond donors (Lipinski definition) is 0. The zero-order chi connectivity index (χ0) is 8.94. The van der Waals surface area contributed by atoms with E-state index in [1.165, 1.54) is 51.4 Å². The Morgan fingerprint density at radius 2 is 1.54 bits per heavy atom. The Hall–Kier alpha value is -0.330. The summed E-state index contributed by atoms with van der Waals surface area (Å²) in [7, 11) is 0. The van der Waals surface area contributed by atoms with Crippen molar-refractivity contribution >= 4 is 5.78 Å². The van der Waals surface area contributed by atoms with Crippen LogP contribution in [0.1, 0.15) is 57.8 Å². The second-order valence-corrected chi connectivity index (χ2v) is 5.35. The molecule has 3 rings (SSSR count). The van der Waals surface area contributed by atoms with Gasteiger partial charge in [0.05, 0.1) is 0 Å². The molecule has 1 nitrogen and oxygen atoms in total. The molecule has 13 heavy (non-hydrogen) atoms. The summed E-state index contributed by atoms with van der Waals surface area (Å²) in [5.41, 5.74) is 0.714. The second kappa shape index (κ2) is 2.37. The van der Waals surface area contributed by atoms with Gasteiger partial charge in [-0.15, -0.1) is 0 Å². The molecule has 0 heterocycles. The molecule has 1 heteroatoms. The number of ketones is 1. The predicted octanol–water partition coefficient (Wildman–Crippen LogP) is 3.08. The molecule has 72 valence electrons. The average molecular weight is 178 g/mol. The van der Waals surface area contributed by atoms with Crippen LogP contribution in [0.5, 0.6) is 0 Å². The van der Waals surface area contributed by atoms with Gasteiger partial charge in [-0.05, 0) is 37.5 Å². The molecule has 0 aromatic rings. The number of fused-ring (bicyclic) bond motifs is 1. The molecule has 1 unspecified atom stereocenters. The minimum atomic E-state index is 0.212. The summed E-state index contributed by atoms with van der Waals surface area (Å²) in [6, 6.07) is 0. The average Bonchev–Trinajstić information content (AvgIpc) is 2.74. The van der Waals surface area contributed by atoms with Crippen LogP contribution in [0.3, 0.4) is 0 Å². The highest BCUT2D eigenvalue weighted by Crippen LogP contribution is 2.67. The summed E-state index contributed by atoms with van der Waals surface area (Å²) in [5, 5.41) is 0. The summed E-state index contributed by atoms with van der Waals surface area (Å²) in [5.74, 6) is 0.618. The molecule has 0 aromatic carbocycles. The Bertz CT molecular complexity index is 244. The number of Topliss-reactive ketones (excluding diaryl/α,β-unsaturated/α-hetero) is 1. The molecule has 0 saturated heterocycles. The van der Waals surface area contributed by atoms with Gasteiger partial charge in [-0.2, -0.15) is 0 Å². The van der Waals surface area contributed by atoms with Crippen molar-refractivity contribution in [3.63, 3.8) is 0 Å². The van der Waals surface area contributed by atoms with Crippen molar-refractivity contribution in [3.8, 4) is 0 Å². The van der Waals surface area contributed by atoms with E-state index in [2.05, 4.69) is 0 Å². The first-order chi connectivity index (χ1) is 6.29. The van der Waals surface area contributed by atoms with Gasteiger partial charge >= 0.3 is 0 Å². The molecular formula is C12H18O. The number of carbonyl (C=O) groups excluding carboxylic acids is 1. The largest absolute Gasteiger partial charge is 0.299 e. The van der Waals surface area contributed by atoms with Crippen LogP contribution < -0.4 is 0 Å². The van der Waals surface area contributed by atoms with E-state index in [0.717, 1.165) is 6.42 Å². The molecule has 1 atom stereocenters. The molecule has 3 aliphatic carbocycles. The Balaban J connectivity index is 1.98. The molecule has 0 aromatic heterocycles. The van der Waals surface area contributed by atoms with E-state index in [0.29, 0.717) is 11.2 Å². The van der Waals surface area contributed by atoms with Gasteiger partial charge in [0.15, 0.2) is 0 Å². The van der Waals surface area contributed by atoms with Crippen molar-refractivity contribution in [1.29, 1.82) is 0 Å². The third kappa shape index (κ3) is 0.769. The monoisotopic (exact) mass is 178 g/mol. The van der Waals surface area contributed by atoms with Crippen LogP contribution in [0.25, 0.3) is 0 Å². The molecule has 0 N–H and O–H groups in total. The second-order valence-electron chi connectivity index (χ2n) is 5.35. The molecule has 2 spiro atoms. The van der Waals surface area contributed by atoms with Gasteiger partial charge in [0.2, 0.25) is 0 Å². The maximum absolute atomic E-state index is 11.8. The third-order valence-electron chi connectivity index (χ3n) is 5.15. The first-order valence-electron chi connectivity index (χ1n) is 5.83. The SMILES string of the molecule is O=C1CCC12CCCC21CCCC1. The van der Waals surface area contributed by atoms with Crippen LogP contribution >= 0.6 is 0 Å². The standard InChI is InChI=1S/C12H18O/c13-10-4-9-12(10)8-3-7-11(12)5-1-2-6-11/h1-9H2. The Morgan fingerprint density at radius 3 is 2.08 bits per heavy atom. The maximum Gasteiger partial charge on any atom is 0.139 e. The lowest BCUT2D eigenvalue weighted by molar-refractivity contribution is -0.147. The summed E-state index contributed by atoms with van der Waals surface area (Å²) < 4.78 is 0. The quantitative estimate of drug-likeness (QED) is 0.557. The van der Waals surface area contributed by atoms with Crippen molar-refractivity contribution in [2.45, 2.75) is 57.8 Å². The van der Waals surface area contributed by atoms with Crippen molar-refractivity contribution in [2.24, 2.45) is 10.8 Å². The minimum absolute atomic E-state index is 0.212. The summed E-state index contributed by atoms with van der Waals surface area (Å²) in [6.07, 6.45) is 11.5. The lowest BCUT2D eigenvalue weighted by Crippen LogP contribution is -2.49. The van der Waals surface area contributed by atoms with Crippen LogP contribution in [0, 0.1) is 10.8 Å². The van der Waals surface area contributed by atoms with Gasteiger partial charge in [0.1, 0.15) is 5.78 Å². The molecule has 3 saturated carbocycles. The first-order valence-corrected chi connectivity index (χ1v) is 5.83. The van der Waals surface area contributed by atoms with E-state index >= 15 is 0 Å². The lowest BCUT2D eigenvalue weighted by atomic mass is 9.53. The molecule has 3 aliphatic rings. The molecule has 0 amide bonds. The molecular weight excluding hydrogens is 160 g/mol. The van der Waals surface area contributed by atoms with Crippen molar-refractivity contribution < 1.29 is 4.79 Å². The fourth-order valence-corrected chi connectivity index (χ4v) is 4.37. The van der Waals surface area contributed by atoms with Crippen LogP contribution in [0.15, 0.2) is 0 Å². The maximum atomic E-state index is 11.8. The van der Waals surface area contributed by atoms with Crippen LogP contribution in [0.4, 0.5) is 0 Å². The van der Waals surface area contributed by atoms with Crippen LogP contribution in [0.2, 0.25) is 0 Å². The third-order valence-corrected chi connectivity index (χ3v) is 5.15. The number of carbonyl (C=O) groups is 1. The lowest BCUT2D eigenvalue weighted by Gasteiger charge is -2.49. The number of rotatable bonds is 0. The zero-order valence-electron chi connectivity index (χ0n) is 8.27. The van der Waals surface area contributed by atoms with E-state index < -0.39 is 0 Å². The van der Waals surface area contributed by atoms with Crippen LogP contribution in [-0.2, 0) is 4.79 Å². The summed E-state index contributed by atoms with van der Waals surface area (Å²) in [6.45, 7) is 0. The zero-order valence-corrected chi connectivity index (χ0v) is 8.27. The normalized spacial score (nSPS) is 41.7. The first kappa shape index (κ1) is 8.02. The number of hydrogen-bond acceptors (Lipinski definition) is 1. The summed E-state index contributed by atoms with van der Waals surface area (Å²) >= 11 is 0. The van der Waals surface area contributed by atoms with Crippen molar-refractivity contribution in [3.05, 3.63) is 0 Å². The predicted molar refractivity (Wildman–Crippen MR) is 51.4 cm³/mol. The highest BCUT2D eigenvalue weighted by molar-refractivity contribution is 5.91. The van der Waals surface area contributed by atoms with Gasteiger partial charge < -0.3 is 0 Å². The van der Waals surface area contributed by atoms with Gasteiger partial charge in [-0.3, -0.25) is 4.79 Å². The van der Waals surface area contributed by atoms with Crippen molar-refractivity contribution in [1.82, 2.24) is 0 Å². The highest BCUT2D eigenvalue weighted by atomic mass is 16.1. The Morgan fingerprint density at radius 1 is 0.846 bits per heavy atom. The van der Waals surface area contributed by atoms with E-state index in [1.54, 1.807) is 0 Å². The van der Waals surface area contributed by atoms with Gasteiger partial charge in [0.25, 0.3) is 0 Å². The Kier molecular flexibility index (Phi) is 1.46.